The Kier molecular flexibility index (Phi) is 4.83. The fourth-order valence-corrected chi connectivity index (χ4v) is 2.15. The molecule has 1 aliphatic heterocycles. The predicted octanol–water partition coefficient (Wildman–Crippen LogP) is 2.35. The number of rotatable bonds is 4. The maximum Gasteiger partial charge on any atom is 0.119 e. The van der Waals surface area contributed by atoms with Crippen molar-refractivity contribution in [2.45, 2.75) is 31.8 Å². The Morgan fingerprint density at radius 1 is 1.35 bits per heavy atom. The van der Waals surface area contributed by atoms with Gasteiger partial charge in [0.1, 0.15) is 5.75 Å². The maximum atomic E-state index is 5.45. The molecule has 1 N–H and O–H groups in total. The summed E-state index contributed by atoms with van der Waals surface area (Å²) in [6.45, 7) is 2.70. The lowest BCUT2D eigenvalue weighted by Crippen LogP contribution is -2.28. The first-order valence-electron chi connectivity index (χ1n) is 6.32. The van der Waals surface area contributed by atoms with E-state index in [1.54, 1.807) is 7.11 Å². The second-order valence-electron chi connectivity index (χ2n) is 4.47. The Morgan fingerprint density at radius 2 is 2.29 bits per heavy atom. The van der Waals surface area contributed by atoms with Crippen LogP contribution in [0, 0.1) is 0 Å². The summed E-state index contributed by atoms with van der Waals surface area (Å²) in [6, 6.07) is 8.81. The molecule has 0 radical (unpaired) electrons. The number of hydrogen-bond acceptors (Lipinski definition) is 3. The molecule has 1 fully saturated rings. The van der Waals surface area contributed by atoms with E-state index in [-0.39, 0.29) is 0 Å². The third-order valence-corrected chi connectivity index (χ3v) is 3.18. The van der Waals surface area contributed by atoms with Gasteiger partial charge in [0.05, 0.1) is 7.11 Å². The third kappa shape index (κ3) is 4.02. The van der Waals surface area contributed by atoms with Crippen LogP contribution in [-0.2, 0) is 11.3 Å². The van der Waals surface area contributed by atoms with Crippen LogP contribution in [0.3, 0.4) is 0 Å². The van der Waals surface area contributed by atoms with Crippen LogP contribution in [0.5, 0.6) is 5.75 Å². The van der Waals surface area contributed by atoms with E-state index in [9.17, 15) is 0 Å². The van der Waals surface area contributed by atoms with Crippen LogP contribution in [0.1, 0.15) is 24.8 Å². The van der Waals surface area contributed by atoms with E-state index in [1.807, 2.05) is 12.1 Å². The average molecular weight is 235 g/mol. The first-order valence-corrected chi connectivity index (χ1v) is 6.32. The van der Waals surface area contributed by atoms with Crippen molar-refractivity contribution >= 4 is 0 Å². The Balaban J connectivity index is 1.83. The fourth-order valence-electron chi connectivity index (χ4n) is 2.15. The minimum absolute atomic E-state index is 0.587. The zero-order valence-electron chi connectivity index (χ0n) is 10.4. The molecule has 1 aliphatic rings. The zero-order chi connectivity index (χ0) is 11.9. The predicted molar refractivity (Wildman–Crippen MR) is 68.3 cm³/mol. The lowest BCUT2D eigenvalue weighted by Gasteiger charge is -2.15. The van der Waals surface area contributed by atoms with Crippen LogP contribution in [-0.4, -0.2) is 26.4 Å². The second kappa shape index (κ2) is 6.62. The van der Waals surface area contributed by atoms with Crippen molar-refractivity contribution in [2.24, 2.45) is 0 Å². The number of hydrogen-bond donors (Lipinski definition) is 1. The molecular weight excluding hydrogens is 214 g/mol. The van der Waals surface area contributed by atoms with Gasteiger partial charge >= 0.3 is 0 Å². The minimum Gasteiger partial charge on any atom is -0.497 e. The van der Waals surface area contributed by atoms with E-state index in [0.717, 1.165) is 38.3 Å². The first-order chi connectivity index (χ1) is 8.38. The summed E-state index contributed by atoms with van der Waals surface area (Å²) >= 11 is 0. The van der Waals surface area contributed by atoms with Gasteiger partial charge in [-0.15, -0.1) is 0 Å². The van der Waals surface area contributed by atoms with Gasteiger partial charge in [0, 0.05) is 25.8 Å². The monoisotopic (exact) mass is 235 g/mol. The summed E-state index contributed by atoms with van der Waals surface area (Å²) in [7, 11) is 1.70. The maximum absolute atomic E-state index is 5.45. The van der Waals surface area contributed by atoms with Gasteiger partial charge in [0.25, 0.3) is 0 Å². The van der Waals surface area contributed by atoms with Crippen LogP contribution in [0.15, 0.2) is 24.3 Å². The molecule has 1 atom stereocenters. The van der Waals surface area contributed by atoms with Gasteiger partial charge in [-0.3, -0.25) is 0 Å². The van der Waals surface area contributed by atoms with E-state index >= 15 is 0 Å². The molecule has 0 aliphatic carbocycles. The van der Waals surface area contributed by atoms with Gasteiger partial charge in [0.15, 0.2) is 0 Å². The van der Waals surface area contributed by atoms with Gasteiger partial charge in [-0.1, -0.05) is 12.1 Å². The van der Waals surface area contributed by atoms with Gasteiger partial charge in [-0.05, 0) is 37.0 Å². The van der Waals surface area contributed by atoms with E-state index < -0.39 is 0 Å². The summed E-state index contributed by atoms with van der Waals surface area (Å²) in [6.07, 6.45) is 3.49. The van der Waals surface area contributed by atoms with Crippen LogP contribution >= 0.6 is 0 Å². The molecule has 0 saturated carbocycles. The van der Waals surface area contributed by atoms with Crippen molar-refractivity contribution in [1.29, 1.82) is 0 Å². The molecule has 3 heteroatoms. The van der Waals surface area contributed by atoms with Crippen LogP contribution < -0.4 is 10.1 Å². The van der Waals surface area contributed by atoms with E-state index in [4.69, 9.17) is 9.47 Å². The number of benzene rings is 1. The highest BCUT2D eigenvalue weighted by Crippen LogP contribution is 2.14. The summed E-state index contributed by atoms with van der Waals surface area (Å²) in [5.41, 5.74) is 1.27. The smallest absolute Gasteiger partial charge is 0.119 e. The van der Waals surface area contributed by atoms with Crippen molar-refractivity contribution in [3.05, 3.63) is 29.8 Å². The Morgan fingerprint density at radius 3 is 3.18 bits per heavy atom. The van der Waals surface area contributed by atoms with E-state index in [0.29, 0.717) is 6.04 Å². The number of methoxy groups -OCH3 is 1. The normalized spacial score (nSPS) is 20.9. The first kappa shape index (κ1) is 12.4. The summed E-state index contributed by atoms with van der Waals surface area (Å²) in [4.78, 5) is 0. The van der Waals surface area contributed by atoms with Crippen molar-refractivity contribution in [3.8, 4) is 5.75 Å². The highest BCUT2D eigenvalue weighted by molar-refractivity contribution is 5.28. The molecular formula is C14H21NO2. The van der Waals surface area contributed by atoms with Gasteiger partial charge in [-0.25, -0.2) is 0 Å². The van der Waals surface area contributed by atoms with Crippen LogP contribution in [0.4, 0.5) is 0 Å². The van der Waals surface area contributed by atoms with Crippen molar-refractivity contribution in [2.75, 3.05) is 20.3 Å². The lowest BCUT2D eigenvalue weighted by atomic mass is 10.1. The average Bonchev–Trinajstić information content (AvgIpc) is 2.65. The van der Waals surface area contributed by atoms with Crippen molar-refractivity contribution in [1.82, 2.24) is 5.32 Å². The number of nitrogens with one attached hydrogen (secondary N) is 1. The van der Waals surface area contributed by atoms with Crippen molar-refractivity contribution < 1.29 is 9.47 Å². The van der Waals surface area contributed by atoms with Gasteiger partial charge in [0.2, 0.25) is 0 Å². The molecule has 1 saturated heterocycles. The highest BCUT2D eigenvalue weighted by Gasteiger charge is 2.11. The standard InChI is InChI=1S/C14H21NO2/c1-16-14-6-2-4-12(10-14)11-15-13-5-3-8-17-9-7-13/h2,4,6,10,13,15H,3,5,7-9,11H2,1H3/t13-/m1/s1. The van der Waals surface area contributed by atoms with Crippen LogP contribution in [0.25, 0.3) is 0 Å². The van der Waals surface area contributed by atoms with Gasteiger partial charge < -0.3 is 14.8 Å². The molecule has 0 aromatic heterocycles. The molecule has 1 aromatic rings. The molecule has 1 heterocycles. The van der Waals surface area contributed by atoms with E-state index in [2.05, 4.69) is 17.4 Å². The molecule has 0 bridgehead atoms. The Labute approximate surface area is 103 Å². The topological polar surface area (TPSA) is 30.5 Å². The largest absolute Gasteiger partial charge is 0.497 e. The number of ether oxygens (including phenoxy) is 2. The van der Waals surface area contributed by atoms with Crippen molar-refractivity contribution in [3.63, 3.8) is 0 Å². The molecule has 3 nitrogen and oxygen atoms in total. The third-order valence-electron chi connectivity index (χ3n) is 3.18. The van der Waals surface area contributed by atoms with E-state index in [1.165, 1.54) is 12.0 Å². The van der Waals surface area contributed by atoms with Gasteiger partial charge in [-0.2, -0.15) is 0 Å². The fraction of sp³-hybridized carbons (Fsp3) is 0.571. The molecule has 0 spiro atoms. The molecule has 17 heavy (non-hydrogen) atoms. The second-order valence-corrected chi connectivity index (χ2v) is 4.47. The molecule has 94 valence electrons. The molecule has 1 aromatic carbocycles. The Bertz CT molecular complexity index is 333. The Hall–Kier alpha value is -1.06. The lowest BCUT2D eigenvalue weighted by molar-refractivity contribution is 0.142. The zero-order valence-corrected chi connectivity index (χ0v) is 10.4. The highest BCUT2D eigenvalue weighted by atomic mass is 16.5. The summed E-state index contributed by atoms with van der Waals surface area (Å²) in [5.74, 6) is 0.925. The van der Waals surface area contributed by atoms with Crippen LogP contribution in [0.2, 0.25) is 0 Å². The SMILES string of the molecule is COc1cccc(CN[C@@H]2CCCOCC2)c1. The minimum atomic E-state index is 0.587. The molecule has 2 rings (SSSR count). The summed E-state index contributed by atoms with van der Waals surface area (Å²) < 4.78 is 10.7. The molecule has 0 unspecified atom stereocenters. The quantitative estimate of drug-likeness (QED) is 0.869. The molecule has 0 amide bonds. The summed E-state index contributed by atoms with van der Waals surface area (Å²) in [5, 5.41) is 3.59.